The van der Waals surface area contributed by atoms with Crippen LogP contribution in [0, 0.1) is 5.92 Å². The summed E-state index contributed by atoms with van der Waals surface area (Å²) in [6.07, 6.45) is 0.0728. The predicted molar refractivity (Wildman–Crippen MR) is 78.1 cm³/mol. The molecule has 1 heterocycles. The van der Waals surface area contributed by atoms with Crippen LogP contribution in [-0.2, 0) is 14.3 Å². The lowest BCUT2D eigenvalue weighted by Gasteiger charge is -2.19. The molecule has 0 aromatic carbocycles. The highest BCUT2D eigenvalue weighted by Gasteiger charge is 2.27. The van der Waals surface area contributed by atoms with E-state index in [1.807, 2.05) is 5.32 Å². The molecule has 0 radical (unpaired) electrons. The zero-order chi connectivity index (χ0) is 17.4. The van der Waals surface area contributed by atoms with Gasteiger partial charge in [-0.2, -0.15) is 0 Å². The Bertz CT molecular complexity index is 567. The maximum atomic E-state index is 11.7. The third-order valence-corrected chi connectivity index (χ3v) is 2.73. The number of carbonyl (C=O) groups excluding carboxylic acids is 4. The van der Waals surface area contributed by atoms with Gasteiger partial charge in [-0.05, 0) is 18.1 Å². The number of hydrogen-bond donors (Lipinski definition) is 3. The summed E-state index contributed by atoms with van der Waals surface area (Å²) < 4.78 is 9.91. The highest BCUT2D eigenvalue weighted by atomic mass is 16.5. The van der Waals surface area contributed by atoms with Crippen molar-refractivity contribution in [2.75, 3.05) is 6.54 Å². The average molecular weight is 325 g/mol. The molecule has 1 atom stereocenters. The first-order valence-electron chi connectivity index (χ1n) is 6.92. The van der Waals surface area contributed by atoms with Crippen molar-refractivity contribution in [2.24, 2.45) is 11.7 Å². The zero-order valence-corrected chi connectivity index (χ0v) is 12.8. The molecule has 126 valence electrons. The summed E-state index contributed by atoms with van der Waals surface area (Å²) in [7, 11) is 0. The van der Waals surface area contributed by atoms with Crippen molar-refractivity contribution in [1.82, 2.24) is 10.6 Å². The van der Waals surface area contributed by atoms with E-state index in [4.69, 9.17) is 14.9 Å². The van der Waals surface area contributed by atoms with Crippen LogP contribution in [0.5, 0.6) is 0 Å². The Labute approximate surface area is 132 Å². The molecule has 0 aliphatic rings. The molecular weight excluding hydrogens is 306 g/mol. The molecule has 0 fully saturated rings. The normalized spacial score (nSPS) is 11.6. The van der Waals surface area contributed by atoms with Gasteiger partial charge in [0.25, 0.3) is 11.8 Å². The van der Waals surface area contributed by atoms with E-state index >= 15 is 0 Å². The number of hydrogen-bond acceptors (Lipinski definition) is 6. The highest BCUT2D eigenvalue weighted by molar-refractivity contribution is 5.96. The average Bonchev–Trinajstić information content (AvgIpc) is 2.97. The maximum absolute atomic E-state index is 11.7. The molecule has 0 unspecified atom stereocenters. The number of nitrogens with two attached hydrogens (primary N) is 1. The molecule has 1 rings (SSSR count). The van der Waals surface area contributed by atoms with E-state index in [0.717, 1.165) is 0 Å². The van der Waals surface area contributed by atoms with Gasteiger partial charge in [-0.1, -0.05) is 13.8 Å². The lowest BCUT2D eigenvalue weighted by atomic mass is 10.1. The SMILES string of the molecule is CC(C)[C@H](OC(=O)CCNC(=O)c1ccco1)C(=O)NC(N)=O. The van der Waals surface area contributed by atoms with Gasteiger partial charge in [0.15, 0.2) is 11.9 Å². The predicted octanol–water partition coefficient (Wildman–Crippen LogP) is 0.162. The standard InChI is InChI=1S/C14H19N3O6/c1-8(2)11(13(20)17-14(15)21)23-10(18)5-6-16-12(19)9-4-3-7-22-9/h3-4,7-8,11H,5-6H2,1-2H3,(H,16,19)(H3,15,17,20,21)/t11-/m0/s1. The maximum Gasteiger partial charge on any atom is 0.318 e. The summed E-state index contributed by atoms with van der Waals surface area (Å²) in [4.78, 5) is 45.7. The summed E-state index contributed by atoms with van der Waals surface area (Å²) in [5.74, 6) is -2.17. The van der Waals surface area contributed by atoms with Gasteiger partial charge in [0.05, 0.1) is 12.7 Å². The van der Waals surface area contributed by atoms with Crippen LogP contribution in [0.15, 0.2) is 22.8 Å². The van der Waals surface area contributed by atoms with Gasteiger partial charge < -0.3 is 20.2 Å². The van der Waals surface area contributed by atoms with Gasteiger partial charge in [-0.3, -0.25) is 19.7 Å². The molecule has 0 saturated carbocycles. The van der Waals surface area contributed by atoms with E-state index in [9.17, 15) is 19.2 Å². The minimum atomic E-state index is -1.14. The van der Waals surface area contributed by atoms with Gasteiger partial charge in [0, 0.05) is 6.54 Å². The first kappa shape index (κ1) is 18.2. The summed E-state index contributed by atoms with van der Waals surface area (Å²) in [6.45, 7) is 3.31. The van der Waals surface area contributed by atoms with Crippen LogP contribution >= 0.6 is 0 Å². The van der Waals surface area contributed by atoms with E-state index in [0.29, 0.717) is 0 Å². The number of rotatable bonds is 7. The number of ether oxygens (including phenoxy) is 1. The molecule has 0 aliphatic heterocycles. The van der Waals surface area contributed by atoms with Crippen molar-refractivity contribution in [2.45, 2.75) is 26.4 Å². The minimum absolute atomic E-state index is 0.0145. The van der Waals surface area contributed by atoms with Crippen molar-refractivity contribution in [3.8, 4) is 0 Å². The van der Waals surface area contributed by atoms with Crippen molar-refractivity contribution < 1.29 is 28.3 Å². The Kier molecular flexibility index (Phi) is 6.78. The third-order valence-electron chi connectivity index (χ3n) is 2.73. The van der Waals surface area contributed by atoms with Crippen LogP contribution < -0.4 is 16.4 Å². The summed E-state index contributed by atoms with van der Waals surface area (Å²) in [5, 5.41) is 4.33. The van der Waals surface area contributed by atoms with E-state index in [1.165, 1.54) is 12.3 Å². The lowest BCUT2D eigenvalue weighted by molar-refractivity contribution is -0.158. The molecule has 0 spiro atoms. The van der Waals surface area contributed by atoms with E-state index in [2.05, 4.69) is 5.32 Å². The Balaban J connectivity index is 2.42. The Morgan fingerprint density at radius 1 is 1.30 bits per heavy atom. The Morgan fingerprint density at radius 3 is 2.52 bits per heavy atom. The zero-order valence-electron chi connectivity index (χ0n) is 12.8. The van der Waals surface area contributed by atoms with Gasteiger partial charge in [-0.25, -0.2) is 4.79 Å². The van der Waals surface area contributed by atoms with Gasteiger partial charge in [-0.15, -0.1) is 0 Å². The smallest absolute Gasteiger partial charge is 0.318 e. The van der Waals surface area contributed by atoms with Crippen LogP contribution in [0.25, 0.3) is 0 Å². The van der Waals surface area contributed by atoms with E-state index in [-0.39, 0.29) is 24.6 Å². The largest absolute Gasteiger partial charge is 0.459 e. The number of nitrogens with one attached hydrogen (secondary N) is 2. The number of primary amides is 1. The fourth-order valence-corrected chi connectivity index (χ4v) is 1.66. The third kappa shape index (κ3) is 6.20. The fourth-order valence-electron chi connectivity index (χ4n) is 1.66. The van der Waals surface area contributed by atoms with Crippen molar-refractivity contribution >= 4 is 23.8 Å². The van der Waals surface area contributed by atoms with Crippen LogP contribution in [0.4, 0.5) is 4.79 Å². The van der Waals surface area contributed by atoms with Crippen molar-refractivity contribution in [1.29, 1.82) is 0 Å². The molecule has 9 nitrogen and oxygen atoms in total. The van der Waals surface area contributed by atoms with Gasteiger partial charge in [0.1, 0.15) is 0 Å². The molecule has 1 aromatic rings. The summed E-state index contributed by atoms with van der Waals surface area (Å²) in [6, 6.07) is 2.02. The first-order chi connectivity index (χ1) is 10.8. The molecule has 0 bridgehead atoms. The number of furan rings is 1. The Morgan fingerprint density at radius 2 is 2.00 bits per heavy atom. The van der Waals surface area contributed by atoms with Crippen molar-refractivity contribution in [3.63, 3.8) is 0 Å². The van der Waals surface area contributed by atoms with Crippen molar-refractivity contribution in [3.05, 3.63) is 24.2 Å². The van der Waals surface area contributed by atoms with Gasteiger partial charge >= 0.3 is 12.0 Å². The number of esters is 1. The summed E-state index contributed by atoms with van der Waals surface area (Å²) >= 11 is 0. The quantitative estimate of drug-likeness (QED) is 0.610. The second kappa shape index (κ2) is 8.57. The highest BCUT2D eigenvalue weighted by Crippen LogP contribution is 2.08. The summed E-state index contributed by atoms with van der Waals surface area (Å²) in [5.41, 5.74) is 4.85. The van der Waals surface area contributed by atoms with E-state index < -0.39 is 29.9 Å². The molecule has 0 saturated heterocycles. The monoisotopic (exact) mass is 325 g/mol. The molecular formula is C14H19N3O6. The second-order valence-electron chi connectivity index (χ2n) is 4.99. The van der Waals surface area contributed by atoms with Crippen LogP contribution in [0.1, 0.15) is 30.8 Å². The first-order valence-corrected chi connectivity index (χ1v) is 6.92. The fraction of sp³-hybridized carbons (Fsp3) is 0.429. The van der Waals surface area contributed by atoms with E-state index in [1.54, 1.807) is 19.9 Å². The number of urea groups is 1. The number of carbonyl (C=O) groups is 4. The molecule has 1 aromatic heterocycles. The molecule has 4 amide bonds. The topological polar surface area (TPSA) is 141 Å². The van der Waals surface area contributed by atoms with Gasteiger partial charge in [0.2, 0.25) is 0 Å². The second-order valence-corrected chi connectivity index (χ2v) is 4.99. The number of amides is 4. The molecule has 23 heavy (non-hydrogen) atoms. The Hall–Kier alpha value is -2.84. The van der Waals surface area contributed by atoms with Crippen LogP contribution in [-0.4, -0.2) is 36.5 Å². The number of imide groups is 1. The molecule has 4 N–H and O–H groups in total. The lowest BCUT2D eigenvalue weighted by Crippen LogP contribution is -2.45. The molecule has 0 aliphatic carbocycles. The van der Waals surface area contributed by atoms with Crippen LogP contribution in [0.2, 0.25) is 0 Å². The van der Waals surface area contributed by atoms with Crippen LogP contribution in [0.3, 0.4) is 0 Å². The molecule has 9 heteroatoms. The minimum Gasteiger partial charge on any atom is -0.459 e.